The van der Waals surface area contributed by atoms with Crippen LogP contribution in [0.2, 0.25) is 5.02 Å². The molecule has 1 unspecified atom stereocenters. The Kier molecular flexibility index (Phi) is 20.8. The van der Waals surface area contributed by atoms with E-state index in [2.05, 4.69) is 25.7 Å². The van der Waals surface area contributed by atoms with Crippen LogP contribution in [0, 0.1) is 0 Å². The van der Waals surface area contributed by atoms with Crippen LogP contribution in [0.25, 0.3) is 0 Å². The number of carboxylic acids is 2. The molecule has 21 heteroatoms. The number of nitrogens with zero attached hydrogens (tertiary/aromatic N) is 2. The van der Waals surface area contributed by atoms with Crippen molar-refractivity contribution in [1.29, 1.82) is 0 Å². The molecule has 1 aromatic heterocycles. The number of pyridine rings is 1. The summed E-state index contributed by atoms with van der Waals surface area (Å²) >= 11 is 7.01. The number of methoxy groups -OCH3 is 1. The van der Waals surface area contributed by atoms with Gasteiger partial charge in [0.15, 0.2) is 0 Å². The number of aromatic nitrogens is 1. The van der Waals surface area contributed by atoms with Gasteiger partial charge >= 0.3 is 18.0 Å². The highest BCUT2D eigenvalue weighted by Crippen LogP contribution is 2.25. The van der Waals surface area contributed by atoms with Gasteiger partial charge in [-0.1, -0.05) is 73.0 Å². The normalized spacial score (nSPS) is 14.6. The lowest BCUT2D eigenvalue weighted by Gasteiger charge is -2.22. The van der Waals surface area contributed by atoms with Crippen molar-refractivity contribution in [3.63, 3.8) is 0 Å². The molecule has 1 aliphatic carbocycles. The molecule has 2 heterocycles. The maximum Gasteiger partial charge on any atom is 0.328 e. The fraction of sp³-hybridized carbons (Fsp3) is 0.311. The number of ether oxygens (including phenoxy) is 2. The number of anilines is 1. The molecule has 1 saturated carbocycles. The van der Waals surface area contributed by atoms with Crippen LogP contribution >= 0.6 is 23.4 Å². The molecule has 2 aliphatic rings. The van der Waals surface area contributed by atoms with Gasteiger partial charge in [0, 0.05) is 43.0 Å². The first-order valence-electron chi connectivity index (χ1n) is 20.6. The Morgan fingerprint density at radius 3 is 2.18 bits per heavy atom. The Morgan fingerprint density at radius 2 is 1.59 bits per heavy atom. The first-order valence-corrected chi connectivity index (χ1v) is 23.3. The molecule has 352 valence electrons. The number of halogens is 1. The number of thioether (sulfide) groups is 1. The molecule has 4 aromatic rings. The molecule has 1 saturated heterocycles. The number of nitrogens with one attached hydrogen (secondary N) is 4. The summed E-state index contributed by atoms with van der Waals surface area (Å²) in [5.74, 6) is -0.943. The number of amides is 5. The van der Waals surface area contributed by atoms with Gasteiger partial charge in [-0.3, -0.25) is 19.7 Å². The molecular weight excluding hydrogens is 916 g/mol. The van der Waals surface area contributed by atoms with E-state index in [1.54, 1.807) is 30.5 Å². The van der Waals surface area contributed by atoms with Crippen molar-refractivity contribution in [2.75, 3.05) is 38.8 Å². The topological polar surface area (TPSA) is 260 Å². The van der Waals surface area contributed by atoms with Crippen molar-refractivity contribution in [3.05, 3.63) is 125 Å². The number of imide groups is 1. The Labute approximate surface area is 391 Å². The highest BCUT2D eigenvalue weighted by Gasteiger charge is 2.31. The minimum Gasteiger partial charge on any atom is -0.496 e. The number of carboxylic acid groups (broad SMARTS) is 2. The average Bonchev–Trinajstić information content (AvgIpc) is 3.62. The van der Waals surface area contributed by atoms with Gasteiger partial charge in [0.2, 0.25) is 5.91 Å². The average molecular weight is 968 g/mol. The van der Waals surface area contributed by atoms with Gasteiger partial charge < -0.3 is 35.2 Å². The van der Waals surface area contributed by atoms with Crippen LogP contribution in [-0.4, -0.2) is 104 Å². The van der Waals surface area contributed by atoms with E-state index < -0.39 is 28.0 Å². The standard InChI is InChI=1S/C23H28ClN3O5S.C18H19N3O3S.C4H4O4/c1-32-21-12-9-17(24)15-20(21)22(28)25-14-13-16-7-10-19(11-8-16)33(30,31)27-23(29)26-18-5-3-2-4-6-18;1-21(16-4-2-3-9-19-16)10-11-24-14-7-5-13(6-8-14)12-15-17(22)20-18(23)25-15;5-3(6)1-2-4(7)8/h7-12,15,18H,2-6,13-14H2,1H3,(H,25,28)(H2,26,27,29);2-9,15H,10-12H2,1H3,(H,20,22,23);1-2H,(H,5,6)(H,7,8)/b;;2-1-. The van der Waals surface area contributed by atoms with Crippen molar-refractivity contribution in [3.8, 4) is 11.5 Å². The SMILES string of the molecule is CN(CCOc1ccc(CC2SC(=O)NC2=O)cc1)c1ccccn1.COc1ccc(Cl)cc1C(=O)NCCc1ccc(S(=O)(=O)NC(=O)NC2CCCCC2)cc1.O=C(O)/C=C\C(=O)O. The number of likely N-dealkylation sites (N-methyl/N-ethyl adjacent to an activating group) is 1. The van der Waals surface area contributed by atoms with E-state index in [0.29, 0.717) is 54.5 Å². The quantitative estimate of drug-likeness (QED) is 0.0679. The number of aliphatic carboxylic acids is 2. The second-order valence-corrected chi connectivity index (χ2v) is 17.9. The summed E-state index contributed by atoms with van der Waals surface area (Å²) < 4.78 is 38.0. The van der Waals surface area contributed by atoms with Crippen molar-refractivity contribution in [1.82, 2.24) is 25.7 Å². The Hall–Kier alpha value is -6.64. The summed E-state index contributed by atoms with van der Waals surface area (Å²) in [6.45, 7) is 1.60. The van der Waals surface area contributed by atoms with Crippen molar-refractivity contribution in [2.45, 2.75) is 61.1 Å². The van der Waals surface area contributed by atoms with Gasteiger partial charge in [0.05, 0.1) is 29.4 Å². The smallest absolute Gasteiger partial charge is 0.328 e. The van der Waals surface area contributed by atoms with Crippen LogP contribution in [0.1, 0.15) is 53.6 Å². The molecule has 3 aromatic carbocycles. The Morgan fingerprint density at radius 1 is 0.924 bits per heavy atom. The fourth-order valence-corrected chi connectivity index (χ4v) is 8.30. The summed E-state index contributed by atoms with van der Waals surface area (Å²) in [6.07, 6.45) is 8.84. The zero-order valence-corrected chi connectivity index (χ0v) is 38.5. The Bertz CT molecular complexity index is 2400. The molecule has 0 radical (unpaired) electrons. The molecular formula is C45H51ClN6O12S2. The van der Waals surface area contributed by atoms with Crippen LogP contribution in [-0.2, 0) is 37.2 Å². The molecule has 6 N–H and O–H groups in total. The predicted octanol–water partition coefficient (Wildman–Crippen LogP) is 5.84. The third-order valence-electron chi connectivity index (χ3n) is 9.72. The third-order valence-corrected chi connectivity index (χ3v) is 12.3. The van der Waals surface area contributed by atoms with E-state index in [1.165, 1.54) is 25.3 Å². The lowest BCUT2D eigenvalue weighted by molar-refractivity contribution is -0.134. The minimum atomic E-state index is -3.97. The molecule has 0 spiro atoms. The van der Waals surface area contributed by atoms with E-state index in [0.717, 1.165) is 73.1 Å². The molecule has 18 nitrogen and oxygen atoms in total. The summed E-state index contributed by atoms with van der Waals surface area (Å²) in [4.78, 5) is 72.7. The van der Waals surface area contributed by atoms with Crippen molar-refractivity contribution in [2.24, 2.45) is 0 Å². The number of hydrogen-bond donors (Lipinski definition) is 6. The number of rotatable bonds is 17. The number of benzene rings is 3. The van der Waals surface area contributed by atoms with E-state index in [-0.39, 0.29) is 33.2 Å². The van der Waals surface area contributed by atoms with Gasteiger partial charge in [0.25, 0.3) is 21.2 Å². The van der Waals surface area contributed by atoms with Crippen LogP contribution in [0.5, 0.6) is 11.5 Å². The first-order chi connectivity index (χ1) is 31.5. The van der Waals surface area contributed by atoms with E-state index >= 15 is 0 Å². The highest BCUT2D eigenvalue weighted by molar-refractivity contribution is 8.15. The van der Waals surface area contributed by atoms with E-state index in [1.807, 2.05) is 54.4 Å². The van der Waals surface area contributed by atoms with Crippen LogP contribution in [0.3, 0.4) is 0 Å². The van der Waals surface area contributed by atoms with Gasteiger partial charge in [0.1, 0.15) is 23.9 Å². The van der Waals surface area contributed by atoms with Crippen LogP contribution in [0.15, 0.2) is 108 Å². The Balaban J connectivity index is 0.000000254. The molecule has 1 aliphatic heterocycles. The highest BCUT2D eigenvalue weighted by atomic mass is 35.5. The second kappa shape index (κ2) is 26.4. The number of hydrogen-bond acceptors (Lipinski definition) is 13. The first kappa shape index (κ1) is 52.0. The molecule has 2 fully saturated rings. The van der Waals surface area contributed by atoms with Gasteiger partial charge in [-0.2, -0.15) is 0 Å². The second-order valence-electron chi connectivity index (χ2n) is 14.6. The third kappa shape index (κ3) is 18.1. The lowest BCUT2D eigenvalue weighted by Crippen LogP contribution is -2.45. The van der Waals surface area contributed by atoms with Crippen LogP contribution in [0.4, 0.5) is 15.4 Å². The van der Waals surface area contributed by atoms with E-state index in [4.69, 9.17) is 31.3 Å². The maximum absolute atomic E-state index is 12.5. The van der Waals surface area contributed by atoms with Gasteiger partial charge in [-0.25, -0.2) is 32.5 Å². The van der Waals surface area contributed by atoms with E-state index in [9.17, 15) is 37.2 Å². The lowest BCUT2D eigenvalue weighted by atomic mass is 9.96. The number of urea groups is 1. The summed E-state index contributed by atoms with van der Waals surface area (Å²) in [6, 6.07) is 23.7. The zero-order chi connectivity index (χ0) is 48.1. The minimum absolute atomic E-state index is 0.00209. The van der Waals surface area contributed by atoms with Crippen molar-refractivity contribution < 1.29 is 56.9 Å². The van der Waals surface area contributed by atoms with Crippen molar-refractivity contribution >= 4 is 74.2 Å². The number of sulfonamides is 1. The zero-order valence-electron chi connectivity index (χ0n) is 36.1. The number of carbonyl (C=O) groups is 6. The largest absolute Gasteiger partial charge is 0.496 e. The molecule has 1 atom stereocenters. The monoisotopic (exact) mass is 966 g/mol. The van der Waals surface area contributed by atoms with Gasteiger partial charge in [-0.05, 0) is 91.4 Å². The molecule has 66 heavy (non-hydrogen) atoms. The van der Waals surface area contributed by atoms with Gasteiger partial charge in [-0.15, -0.1) is 0 Å². The molecule has 6 rings (SSSR count). The molecule has 0 bridgehead atoms. The summed E-state index contributed by atoms with van der Waals surface area (Å²) in [5.41, 5.74) is 2.17. The summed E-state index contributed by atoms with van der Waals surface area (Å²) in [7, 11) is -0.518. The fourth-order valence-electron chi connectivity index (χ4n) is 6.35. The number of carbonyl (C=O) groups excluding carboxylic acids is 4. The molecule has 5 amide bonds. The predicted molar refractivity (Wildman–Crippen MR) is 249 cm³/mol. The maximum atomic E-state index is 12.5. The summed E-state index contributed by atoms with van der Waals surface area (Å²) in [5, 5.41) is 23.3. The van der Waals surface area contributed by atoms with Crippen LogP contribution < -0.4 is 35.0 Å².